The molecule has 0 unspecified atom stereocenters. The summed E-state index contributed by atoms with van der Waals surface area (Å²) < 4.78 is 0. The van der Waals surface area contributed by atoms with Crippen molar-refractivity contribution in [3.8, 4) is 0 Å². The highest BCUT2D eigenvalue weighted by Crippen LogP contribution is 2.18. The third-order valence-corrected chi connectivity index (χ3v) is 1.84. The third-order valence-electron chi connectivity index (χ3n) is 1.28. The number of aromatic nitrogens is 1. The molecule has 1 aromatic rings. The van der Waals surface area contributed by atoms with Gasteiger partial charge in [-0.3, -0.25) is 5.41 Å². The zero-order chi connectivity index (χ0) is 9.14. The molecule has 0 fully saturated rings. The lowest BCUT2D eigenvalue weighted by atomic mass is 10.2. The Kier molecular flexibility index (Phi) is 2.89. The van der Waals surface area contributed by atoms with Crippen LogP contribution in [-0.4, -0.2) is 10.8 Å². The van der Waals surface area contributed by atoms with E-state index in [-0.39, 0.29) is 5.84 Å². The van der Waals surface area contributed by atoms with Crippen molar-refractivity contribution in [3.63, 3.8) is 0 Å². The molecule has 12 heavy (non-hydrogen) atoms. The van der Waals surface area contributed by atoms with Crippen LogP contribution in [0.2, 0.25) is 10.2 Å². The molecule has 3 N–H and O–H groups in total. The van der Waals surface area contributed by atoms with Crippen LogP contribution in [-0.2, 0) is 6.42 Å². The molecule has 1 rings (SSSR count). The smallest absolute Gasteiger partial charge is 0.130 e. The quantitative estimate of drug-likeness (QED) is 0.438. The second-order valence-corrected chi connectivity index (χ2v) is 3.09. The van der Waals surface area contributed by atoms with Crippen LogP contribution in [0.4, 0.5) is 0 Å². The molecule has 0 spiro atoms. The van der Waals surface area contributed by atoms with Crippen molar-refractivity contribution < 1.29 is 0 Å². The molecule has 5 heteroatoms. The summed E-state index contributed by atoms with van der Waals surface area (Å²) in [5, 5.41) is 7.87. The number of hydrogen-bond acceptors (Lipinski definition) is 2. The van der Waals surface area contributed by atoms with Crippen molar-refractivity contribution in [1.29, 1.82) is 5.41 Å². The monoisotopic (exact) mass is 203 g/mol. The molecule has 3 nitrogen and oxygen atoms in total. The molecule has 0 aliphatic heterocycles. The number of hydrogen-bond donors (Lipinski definition) is 2. The number of amidine groups is 1. The maximum atomic E-state index is 7.04. The van der Waals surface area contributed by atoms with Crippen LogP contribution in [0.15, 0.2) is 12.3 Å². The summed E-state index contributed by atoms with van der Waals surface area (Å²) >= 11 is 11.4. The van der Waals surface area contributed by atoms with E-state index in [9.17, 15) is 0 Å². The minimum atomic E-state index is 0.0565. The van der Waals surface area contributed by atoms with E-state index in [0.29, 0.717) is 22.2 Å². The van der Waals surface area contributed by atoms with Crippen LogP contribution in [0, 0.1) is 5.41 Å². The van der Waals surface area contributed by atoms with Crippen molar-refractivity contribution in [1.82, 2.24) is 4.98 Å². The second-order valence-electron chi connectivity index (χ2n) is 2.30. The maximum Gasteiger partial charge on any atom is 0.130 e. The summed E-state index contributed by atoms with van der Waals surface area (Å²) in [5.74, 6) is 0.0565. The molecule has 0 saturated carbocycles. The van der Waals surface area contributed by atoms with E-state index in [1.165, 1.54) is 12.3 Å². The highest BCUT2D eigenvalue weighted by molar-refractivity contribution is 6.34. The standard InChI is InChI=1S/C7H7Cl2N3/c8-5-2-6(9)12-3-4(5)1-7(10)11/h2-3H,1H2,(H3,10,11). The van der Waals surface area contributed by atoms with E-state index in [1.807, 2.05) is 0 Å². The molecule has 0 bridgehead atoms. The molecular weight excluding hydrogens is 197 g/mol. The van der Waals surface area contributed by atoms with Gasteiger partial charge in [-0.05, 0) is 11.6 Å². The average Bonchev–Trinajstić information content (AvgIpc) is 1.94. The van der Waals surface area contributed by atoms with Crippen molar-refractivity contribution in [2.75, 3.05) is 0 Å². The zero-order valence-corrected chi connectivity index (χ0v) is 7.65. The van der Waals surface area contributed by atoms with Gasteiger partial charge in [0.1, 0.15) is 5.15 Å². The van der Waals surface area contributed by atoms with E-state index in [4.69, 9.17) is 34.3 Å². The van der Waals surface area contributed by atoms with Gasteiger partial charge in [-0.2, -0.15) is 0 Å². The van der Waals surface area contributed by atoms with E-state index in [1.54, 1.807) is 0 Å². The fraction of sp³-hybridized carbons (Fsp3) is 0.143. The van der Waals surface area contributed by atoms with Crippen LogP contribution >= 0.6 is 23.2 Å². The van der Waals surface area contributed by atoms with E-state index in [0.717, 1.165) is 0 Å². The summed E-state index contributed by atoms with van der Waals surface area (Å²) in [7, 11) is 0. The van der Waals surface area contributed by atoms with Crippen LogP contribution < -0.4 is 5.73 Å². The predicted molar refractivity (Wildman–Crippen MR) is 49.9 cm³/mol. The van der Waals surface area contributed by atoms with Crippen molar-refractivity contribution in [2.45, 2.75) is 6.42 Å². The summed E-state index contributed by atoms with van der Waals surface area (Å²) in [6.45, 7) is 0. The largest absolute Gasteiger partial charge is 0.387 e. The first-order chi connectivity index (χ1) is 5.59. The van der Waals surface area contributed by atoms with E-state index < -0.39 is 0 Å². The van der Waals surface area contributed by atoms with E-state index >= 15 is 0 Å². The predicted octanol–water partition coefficient (Wildman–Crippen LogP) is 1.87. The van der Waals surface area contributed by atoms with Gasteiger partial charge in [0.25, 0.3) is 0 Å². The average molecular weight is 204 g/mol. The molecule has 1 heterocycles. The zero-order valence-electron chi connectivity index (χ0n) is 6.14. The number of nitrogens with zero attached hydrogens (tertiary/aromatic N) is 1. The molecule has 64 valence electrons. The fourth-order valence-corrected chi connectivity index (χ4v) is 1.20. The summed E-state index contributed by atoms with van der Waals surface area (Å²) in [5.41, 5.74) is 5.91. The van der Waals surface area contributed by atoms with Gasteiger partial charge in [0.2, 0.25) is 0 Å². The molecule has 0 aliphatic rings. The molecule has 0 saturated heterocycles. The van der Waals surface area contributed by atoms with Gasteiger partial charge in [0, 0.05) is 17.6 Å². The Bertz CT molecular complexity index is 312. The van der Waals surface area contributed by atoms with Gasteiger partial charge < -0.3 is 5.73 Å². The Morgan fingerprint density at radius 3 is 2.75 bits per heavy atom. The number of nitrogens with two attached hydrogens (primary N) is 1. The number of nitrogens with one attached hydrogen (secondary N) is 1. The normalized spacial score (nSPS) is 9.83. The van der Waals surface area contributed by atoms with Crippen LogP contribution in [0.5, 0.6) is 0 Å². The summed E-state index contributed by atoms with van der Waals surface area (Å²) in [6, 6.07) is 1.53. The highest BCUT2D eigenvalue weighted by Gasteiger charge is 2.02. The number of halogens is 2. The molecule has 0 radical (unpaired) electrons. The van der Waals surface area contributed by atoms with Gasteiger partial charge in [-0.1, -0.05) is 23.2 Å². The Hall–Kier alpha value is -0.800. The van der Waals surface area contributed by atoms with Gasteiger partial charge in [0.15, 0.2) is 0 Å². The number of pyridine rings is 1. The minimum absolute atomic E-state index is 0.0565. The number of rotatable bonds is 2. The summed E-state index contributed by atoms with van der Waals surface area (Å²) in [6.07, 6.45) is 1.83. The first kappa shape index (κ1) is 9.29. The Labute approximate surface area is 80.0 Å². The van der Waals surface area contributed by atoms with Crippen LogP contribution in [0.25, 0.3) is 0 Å². The fourth-order valence-electron chi connectivity index (χ4n) is 0.771. The molecule has 0 aromatic carbocycles. The third kappa shape index (κ3) is 2.36. The van der Waals surface area contributed by atoms with E-state index in [2.05, 4.69) is 4.98 Å². The van der Waals surface area contributed by atoms with Crippen molar-refractivity contribution in [2.24, 2.45) is 5.73 Å². The topological polar surface area (TPSA) is 62.8 Å². The Morgan fingerprint density at radius 2 is 2.25 bits per heavy atom. The second kappa shape index (κ2) is 3.74. The molecule has 1 aromatic heterocycles. The van der Waals surface area contributed by atoms with Gasteiger partial charge in [-0.15, -0.1) is 0 Å². The first-order valence-corrected chi connectivity index (χ1v) is 3.98. The lowest BCUT2D eigenvalue weighted by Crippen LogP contribution is -2.13. The molecule has 0 aliphatic carbocycles. The van der Waals surface area contributed by atoms with Crippen molar-refractivity contribution >= 4 is 29.0 Å². The van der Waals surface area contributed by atoms with Crippen molar-refractivity contribution in [3.05, 3.63) is 28.0 Å². The van der Waals surface area contributed by atoms with Crippen LogP contribution in [0.1, 0.15) is 5.56 Å². The van der Waals surface area contributed by atoms with Crippen LogP contribution in [0.3, 0.4) is 0 Å². The Morgan fingerprint density at radius 1 is 1.58 bits per heavy atom. The Balaban J connectivity index is 2.93. The first-order valence-electron chi connectivity index (χ1n) is 3.22. The lowest BCUT2D eigenvalue weighted by Gasteiger charge is -2.01. The van der Waals surface area contributed by atoms with Gasteiger partial charge in [0.05, 0.1) is 5.84 Å². The molecule has 0 atom stereocenters. The SMILES string of the molecule is N=C(N)Cc1cnc(Cl)cc1Cl. The molecule has 0 amide bonds. The highest BCUT2D eigenvalue weighted by atomic mass is 35.5. The van der Waals surface area contributed by atoms with Gasteiger partial charge in [-0.25, -0.2) is 4.98 Å². The molecular formula is C7H7Cl2N3. The lowest BCUT2D eigenvalue weighted by molar-refractivity contribution is 1.19. The summed E-state index contributed by atoms with van der Waals surface area (Å²) in [4.78, 5) is 3.82. The maximum absolute atomic E-state index is 7.04. The van der Waals surface area contributed by atoms with Gasteiger partial charge >= 0.3 is 0 Å². The minimum Gasteiger partial charge on any atom is -0.387 e.